The first-order valence-electron chi connectivity index (χ1n) is 6.21. The maximum absolute atomic E-state index is 13.7. The van der Waals surface area contributed by atoms with Crippen molar-refractivity contribution in [1.82, 2.24) is 0 Å². The fraction of sp³-hybridized carbons (Fsp3) is 0.286. The van der Waals surface area contributed by atoms with Crippen LogP contribution >= 0.6 is 0 Å². The molecule has 1 N–H and O–H groups in total. The van der Waals surface area contributed by atoms with E-state index < -0.39 is 9.84 Å². The summed E-state index contributed by atoms with van der Waals surface area (Å²) in [5.41, 5.74) is 1.11. The Bertz CT molecular complexity index is 666. The molecule has 4 nitrogen and oxygen atoms in total. The van der Waals surface area contributed by atoms with Crippen LogP contribution in [0.4, 0.5) is 10.1 Å². The quantitative estimate of drug-likeness (QED) is 0.833. The summed E-state index contributed by atoms with van der Waals surface area (Å²) < 4.78 is 40.9. The highest BCUT2D eigenvalue weighted by molar-refractivity contribution is 7.90. The van der Waals surface area contributed by atoms with Gasteiger partial charge in [0.25, 0.3) is 0 Å². The molecule has 0 spiro atoms. The Kier molecular flexibility index (Phi) is 4.44. The number of nitrogens with one attached hydrogen (secondary N) is 1. The van der Waals surface area contributed by atoms with Gasteiger partial charge in [-0.1, -0.05) is 0 Å². The van der Waals surface area contributed by atoms with Crippen molar-refractivity contribution >= 4 is 15.5 Å². The number of furan rings is 1. The van der Waals surface area contributed by atoms with Crippen molar-refractivity contribution in [3.8, 4) is 11.3 Å². The van der Waals surface area contributed by atoms with Crippen molar-refractivity contribution in [3.63, 3.8) is 0 Å². The lowest BCUT2D eigenvalue weighted by molar-refractivity contribution is 0.582. The van der Waals surface area contributed by atoms with Gasteiger partial charge >= 0.3 is 0 Å². The molecule has 1 aromatic carbocycles. The van der Waals surface area contributed by atoms with E-state index in [0.717, 1.165) is 5.56 Å². The first-order valence-corrected chi connectivity index (χ1v) is 8.27. The number of sulfone groups is 1. The second kappa shape index (κ2) is 6.09. The van der Waals surface area contributed by atoms with Crippen LogP contribution in [-0.4, -0.2) is 27.0 Å². The van der Waals surface area contributed by atoms with Gasteiger partial charge in [0.05, 0.1) is 17.7 Å². The highest BCUT2D eigenvalue weighted by Gasteiger charge is 2.07. The SMILES string of the molecule is CS(=O)(=O)CCCNc1cc(-c2ccco2)ccc1F. The second-order valence-corrected chi connectivity index (χ2v) is 6.84. The summed E-state index contributed by atoms with van der Waals surface area (Å²) >= 11 is 0. The summed E-state index contributed by atoms with van der Waals surface area (Å²) in [7, 11) is -2.98. The number of rotatable bonds is 6. The molecule has 0 aliphatic carbocycles. The van der Waals surface area contributed by atoms with Crippen LogP contribution in [0.5, 0.6) is 0 Å². The third-order valence-corrected chi connectivity index (χ3v) is 3.81. The Morgan fingerprint density at radius 2 is 2.10 bits per heavy atom. The maximum Gasteiger partial charge on any atom is 0.147 e. The molecule has 108 valence electrons. The van der Waals surface area contributed by atoms with Crippen molar-refractivity contribution in [1.29, 1.82) is 0 Å². The number of halogens is 1. The molecule has 0 fully saturated rings. The van der Waals surface area contributed by atoms with Gasteiger partial charge in [-0.25, -0.2) is 12.8 Å². The number of benzene rings is 1. The van der Waals surface area contributed by atoms with Crippen LogP contribution < -0.4 is 5.32 Å². The van der Waals surface area contributed by atoms with Crippen LogP contribution in [0.25, 0.3) is 11.3 Å². The highest BCUT2D eigenvalue weighted by Crippen LogP contribution is 2.25. The van der Waals surface area contributed by atoms with Gasteiger partial charge in [0, 0.05) is 18.4 Å². The molecule has 1 heterocycles. The van der Waals surface area contributed by atoms with Crippen molar-refractivity contribution in [2.45, 2.75) is 6.42 Å². The first kappa shape index (κ1) is 14.6. The molecule has 0 amide bonds. The number of hydrogen-bond acceptors (Lipinski definition) is 4. The Morgan fingerprint density at radius 3 is 2.75 bits per heavy atom. The largest absolute Gasteiger partial charge is 0.464 e. The molecule has 0 atom stereocenters. The molecule has 6 heteroatoms. The topological polar surface area (TPSA) is 59.3 Å². The fourth-order valence-corrected chi connectivity index (χ4v) is 2.48. The molecule has 0 saturated heterocycles. The minimum absolute atomic E-state index is 0.0828. The molecule has 20 heavy (non-hydrogen) atoms. The van der Waals surface area contributed by atoms with E-state index in [9.17, 15) is 12.8 Å². The predicted octanol–water partition coefficient (Wildman–Crippen LogP) is 2.93. The van der Waals surface area contributed by atoms with Gasteiger partial charge in [-0.15, -0.1) is 0 Å². The molecule has 0 aliphatic rings. The molecule has 0 bridgehead atoms. The molecule has 2 aromatic rings. The molecular formula is C14H16FNO3S. The van der Waals surface area contributed by atoms with E-state index in [0.29, 0.717) is 24.4 Å². The standard InChI is InChI=1S/C14H16FNO3S/c1-20(17,18)9-3-7-16-13-10-11(5-6-12(13)15)14-4-2-8-19-14/h2,4-6,8,10,16H,3,7,9H2,1H3. The van der Waals surface area contributed by atoms with E-state index in [2.05, 4.69) is 5.32 Å². The third kappa shape index (κ3) is 4.09. The Hall–Kier alpha value is -1.82. The zero-order chi connectivity index (χ0) is 14.6. The summed E-state index contributed by atoms with van der Waals surface area (Å²) in [4.78, 5) is 0. The van der Waals surface area contributed by atoms with Crippen molar-refractivity contribution in [3.05, 3.63) is 42.4 Å². The van der Waals surface area contributed by atoms with Gasteiger partial charge in [-0.2, -0.15) is 0 Å². The minimum atomic E-state index is -2.98. The van der Waals surface area contributed by atoms with Gasteiger partial charge in [0.2, 0.25) is 0 Å². The molecule has 1 aromatic heterocycles. The zero-order valence-corrected chi connectivity index (χ0v) is 11.9. The summed E-state index contributed by atoms with van der Waals surface area (Å²) in [6.07, 6.45) is 3.17. The fourth-order valence-electron chi connectivity index (χ4n) is 1.81. The van der Waals surface area contributed by atoms with Crippen molar-refractivity contribution in [2.24, 2.45) is 0 Å². The van der Waals surface area contributed by atoms with E-state index in [1.807, 2.05) is 0 Å². The van der Waals surface area contributed by atoms with E-state index in [-0.39, 0.29) is 11.6 Å². The van der Waals surface area contributed by atoms with E-state index in [4.69, 9.17) is 4.42 Å². The summed E-state index contributed by atoms with van der Waals surface area (Å²) in [5.74, 6) is 0.364. The lowest BCUT2D eigenvalue weighted by atomic mass is 10.1. The normalized spacial score (nSPS) is 11.5. The second-order valence-electron chi connectivity index (χ2n) is 4.58. The van der Waals surface area contributed by atoms with E-state index in [1.54, 1.807) is 30.5 Å². The van der Waals surface area contributed by atoms with Gasteiger partial charge in [0.1, 0.15) is 21.4 Å². The Labute approximate surface area is 117 Å². The van der Waals surface area contributed by atoms with E-state index >= 15 is 0 Å². The highest BCUT2D eigenvalue weighted by atomic mass is 32.2. The Balaban J connectivity index is 2.02. The van der Waals surface area contributed by atoms with Crippen molar-refractivity contribution < 1.29 is 17.2 Å². The predicted molar refractivity (Wildman–Crippen MR) is 76.9 cm³/mol. The molecule has 0 radical (unpaired) electrons. The number of anilines is 1. The van der Waals surface area contributed by atoms with Crippen LogP contribution in [0.2, 0.25) is 0 Å². The summed E-state index contributed by atoms with van der Waals surface area (Å²) in [6.45, 7) is 0.394. The van der Waals surface area contributed by atoms with Gasteiger partial charge < -0.3 is 9.73 Å². The number of hydrogen-bond donors (Lipinski definition) is 1. The summed E-state index contributed by atoms with van der Waals surface area (Å²) in [6, 6.07) is 8.19. The molecule has 0 unspecified atom stereocenters. The Morgan fingerprint density at radius 1 is 1.30 bits per heavy atom. The lowest BCUT2D eigenvalue weighted by Gasteiger charge is -2.08. The average Bonchev–Trinajstić information content (AvgIpc) is 2.89. The summed E-state index contributed by atoms with van der Waals surface area (Å²) in [5, 5.41) is 2.91. The third-order valence-electron chi connectivity index (χ3n) is 2.78. The van der Waals surface area contributed by atoms with Crippen LogP contribution in [0.1, 0.15) is 6.42 Å². The average molecular weight is 297 g/mol. The van der Waals surface area contributed by atoms with Crippen LogP contribution in [0, 0.1) is 5.82 Å². The first-order chi connectivity index (χ1) is 9.46. The van der Waals surface area contributed by atoms with Gasteiger partial charge in [-0.3, -0.25) is 0 Å². The van der Waals surface area contributed by atoms with Crippen molar-refractivity contribution in [2.75, 3.05) is 23.9 Å². The molecule has 0 aliphatic heterocycles. The van der Waals surface area contributed by atoms with Crippen LogP contribution in [0.3, 0.4) is 0 Å². The van der Waals surface area contributed by atoms with Gasteiger partial charge in [-0.05, 0) is 36.8 Å². The monoisotopic (exact) mass is 297 g/mol. The lowest BCUT2D eigenvalue weighted by Crippen LogP contribution is -2.10. The van der Waals surface area contributed by atoms with Crippen LogP contribution in [0.15, 0.2) is 41.0 Å². The zero-order valence-electron chi connectivity index (χ0n) is 11.1. The molecular weight excluding hydrogens is 281 g/mol. The minimum Gasteiger partial charge on any atom is -0.464 e. The smallest absolute Gasteiger partial charge is 0.147 e. The molecule has 2 rings (SSSR count). The molecule has 0 saturated carbocycles. The maximum atomic E-state index is 13.7. The van der Waals surface area contributed by atoms with E-state index in [1.165, 1.54) is 12.3 Å². The van der Waals surface area contributed by atoms with Crippen LogP contribution in [-0.2, 0) is 9.84 Å². The van der Waals surface area contributed by atoms with Gasteiger partial charge in [0.15, 0.2) is 0 Å².